The topological polar surface area (TPSA) is 79.6 Å². The lowest BCUT2D eigenvalue weighted by atomic mass is 10.2. The molecule has 1 atom stereocenters. The normalized spacial score (nSPS) is 13.0. The van der Waals surface area contributed by atoms with Crippen LogP contribution in [0.3, 0.4) is 0 Å². The molecule has 0 fully saturated rings. The lowest BCUT2D eigenvalue weighted by Crippen LogP contribution is -2.35. The number of benzene rings is 1. The summed E-state index contributed by atoms with van der Waals surface area (Å²) in [6.07, 6.45) is 1.51. The Morgan fingerprint density at radius 1 is 1.17 bits per heavy atom. The van der Waals surface area contributed by atoms with E-state index in [0.29, 0.717) is 6.54 Å². The molecular formula is C17H22N2O4S. The molecule has 0 unspecified atom stereocenters. The minimum absolute atomic E-state index is 0.0739. The molecule has 0 radical (unpaired) electrons. The molecule has 0 saturated heterocycles. The second kappa shape index (κ2) is 8.12. The van der Waals surface area contributed by atoms with Crippen LogP contribution in [0.1, 0.15) is 18.2 Å². The van der Waals surface area contributed by atoms with Crippen LogP contribution in [0.2, 0.25) is 0 Å². The van der Waals surface area contributed by atoms with Gasteiger partial charge in [-0.05, 0) is 38.4 Å². The maximum atomic E-state index is 12.2. The molecular weight excluding hydrogens is 328 g/mol. The van der Waals surface area contributed by atoms with E-state index < -0.39 is 9.84 Å². The van der Waals surface area contributed by atoms with Crippen molar-refractivity contribution in [1.82, 2.24) is 10.2 Å². The number of furan rings is 1. The van der Waals surface area contributed by atoms with E-state index in [1.54, 1.807) is 30.5 Å². The Labute approximate surface area is 142 Å². The predicted octanol–water partition coefficient (Wildman–Crippen LogP) is 1.86. The largest absolute Gasteiger partial charge is 0.468 e. The zero-order valence-electron chi connectivity index (χ0n) is 13.8. The highest BCUT2D eigenvalue weighted by Gasteiger charge is 2.19. The van der Waals surface area contributed by atoms with Crippen LogP contribution < -0.4 is 5.32 Å². The lowest BCUT2D eigenvalue weighted by Gasteiger charge is -2.22. The third-order valence-electron chi connectivity index (χ3n) is 3.69. The molecule has 0 bridgehead atoms. The zero-order chi connectivity index (χ0) is 17.6. The van der Waals surface area contributed by atoms with Gasteiger partial charge in [-0.25, -0.2) is 8.42 Å². The molecule has 0 aliphatic carbocycles. The monoisotopic (exact) mass is 350 g/mol. The van der Waals surface area contributed by atoms with E-state index in [9.17, 15) is 13.2 Å². The van der Waals surface area contributed by atoms with Gasteiger partial charge in [-0.1, -0.05) is 18.2 Å². The first-order valence-electron chi connectivity index (χ1n) is 7.64. The fourth-order valence-corrected chi connectivity index (χ4v) is 3.55. The van der Waals surface area contributed by atoms with Gasteiger partial charge in [0.05, 0.1) is 23.0 Å². The summed E-state index contributed by atoms with van der Waals surface area (Å²) in [7, 11) is 0.333. The number of carbonyl (C=O) groups is 1. The molecule has 0 aliphatic rings. The van der Waals surface area contributed by atoms with Crippen molar-refractivity contribution in [3.05, 3.63) is 54.5 Å². The summed E-state index contributed by atoms with van der Waals surface area (Å²) in [4.78, 5) is 14.2. The minimum Gasteiger partial charge on any atom is -0.468 e. The zero-order valence-corrected chi connectivity index (χ0v) is 14.6. The van der Waals surface area contributed by atoms with Gasteiger partial charge in [-0.2, -0.15) is 0 Å². The van der Waals surface area contributed by atoms with E-state index in [1.807, 2.05) is 25.1 Å². The quantitative estimate of drug-likeness (QED) is 0.786. The highest BCUT2D eigenvalue weighted by atomic mass is 32.2. The van der Waals surface area contributed by atoms with Gasteiger partial charge in [0.25, 0.3) is 0 Å². The van der Waals surface area contributed by atoms with Crippen molar-refractivity contribution in [3.8, 4) is 0 Å². The predicted molar refractivity (Wildman–Crippen MR) is 91.3 cm³/mol. The number of carbonyl (C=O) groups excluding carboxylic acids is 1. The first-order valence-corrected chi connectivity index (χ1v) is 9.30. The Kier molecular flexibility index (Phi) is 6.16. The molecule has 130 valence electrons. The number of likely N-dealkylation sites (N-methyl/N-ethyl adjacent to an activating group) is 1. The molecule has 1 N–H and O–H groups in total. The smallest absolute Gasteiger partial charge is 0.221 e. The summed E-state index contributed by atoms with van der Waals surface area (Å²) >= 11 is 0. The van der Waals surface area contributed by atoms with Crippen LogP contribution in [0.15, 0.2) is 58.0 Å². The van der Waals surface area contributed by atoms with Crippen LogP contribution in [0, 0.1) is 0 Å². The Morgan fingerprint density at radius 3 is 2.46 bits per heavy atom. The second-order valence-electron chi connectivity index (χ2n) is 5.68. The van der Waals surface area contributed by atoms with Crippen LogP contribution in [-0.2, 0) is 14.6 Å². The summed E-state index contributed by atoms with van der Waals surface area (Å²) < 4.78 is 29.7. The summed E-state index contributed by atoms with van der Waals surface area (Å²) in [6.45, 7) is 0.352. The molecule has 2 aromatic rings. The van der Waals surface area contributed by atoms with Gasteiger partial charge >= 0.3 is 0 Å². The molecule has 1 heterocycles. The first-order chi connectivity index (χ1) is 11.4. The molecule has 1 aromatic carbocycles. The number of rotatable bonds is 8. The van der Waals surface area contributed by atoms with Crippen molar-refractivity contribution in [2.45, 2.75) is 17.4 Å². The lowest BCUT2D eigenvalue weighted by molar-refractivity contribution is -0.120. The van der Waals surface area contributed by atoms with Gasteiger partial charge in [-0.3, -0.25) is 9.69 Å². The number of hydrogen-bond donors (Lipinski definition) is 1. The SMILES string of the molecule is CN(C)[C@@H](CNC(=O)CCS(=O)(=O)c1ccccc1)c1ccco1. The Hall–Kier alpha value is -2.12. The fraction of sp³-hybridized carbons (Fsp3) is 0.353. The highest BCUT2D eigenvalue weighted by molar-refractivity contribution is 7.91. The molecule has 2 rings (SSSR count). The van der Waals surface area contributed by atoms with Crippen LogP contribution in [0.4, 0.5) is 0 Å². The maximum absolute atomic E-state index is 12.2. The molecule has 1 aromatic heterocycles. The first kappa shape index (κ1) is 18.2. The van der Waals surface area contributed by atoms with Gasteiger partial charge < -0.3 is 9.73 Å². The summed E-state index contributed by atoms with van der Waals surface area (Å²) in [5, 5.41) is 2.77. The number of hydrogen-bond acceptors (Lipinski definition) is 5. The van der Waals surface area contributed by atoms with Crippen molar-refractivity contribution in [2.24, 2.45) is 0 Å². The summed E-state index contributed by atoms with van der Waals surface area (Å²) in [5.74, 6) is 0.237. The van der Waals surface area contributed by atoms with E-state index in [1.165, 1.54) is 12.1 Å². The Balaban J connectivity index is 1.87. The maximum Gasteiger partial charge on any atom is 0.221 e. The van der Waals surface area contributed by atoms with E-state index in [-0.39, 0.29) is 29.0 Å². The van der Waals surface area contributed by atoms with Gasteiger partial charge in [0.1, 0.15) is 5.76 Å². The molecule has 0 aliphatic heterocycles. The summed E-state index contributed by atoms with van der Waals surface area (Å²) in [5.41, 5.74) is 0. The van der Waals surface area contributed by atoms with Gasteiger partial charge in [0, 0.05) is 13.0 Å². The molecule has 0 spiro atoms. The average Bonchev–Trinajstić information content (AvgIpc) is 3.08. The van der Waals surface area contributed by atoms with E-state index >= 15 is 0 Å². The minimum atomic E-state index is -3.44. The number of sulfone groups is 1. The van der Waals surface area contributed by atoms with Crippen molar-refractivity contribution < 1.29 is 17.6 Å². The van der Waals surface area contributed by atoms with Crippen molar-refractivity contribution in [3.63, 3.8) is 0 Å². The highest BCUT2D eigenvalue weighted by Crippen LogP contribution is 2.17. The fourth-order valence-electron chi connectivity index (χ4n) is 2.29. The van der Waals surface area contributed by atoms with Gasteiger partial charge in [0.15, 0.2) is 9.84 Å². The molecule has 24 heavy (non-hydrogen) atoms. The number of nitrogens with one attached hydrogen (secondary N) is 1. The summed E-state index contributed by atoms with van der Waals surface area (Å²) in [6, 6.07) is 11.7. The Bertz CT molecular complexity index is 740. The van der Waals surface area contributed by atoms with Crippen molar-refractivity contribution in [2.75, 3.05) is 26.4 Å². The molecule has 0 saturated carbocycles. The van der Waals surface area contributed by atoms with Crippen LogP contribution in [0.5, 0.6) is 0 Å². The van der Waals surface area contributed by atoms with E-state index in [0.717, 1.165) is 5.76 Å². The third-order valence-corrected chi connectivity index (χ3v) is 5.42. The Morgan fingerprint density at radius 2 is 1.88 bits per heavy atom. The van der Waals surface area contributed by atoms with E-state index in [4.69, 9.17) is 4.42 Å². The van der Waals surface area contributed by atoms with Crippen LogP contribution in [0.25, 0.3) is 0 Å². The van der Waals surface area contributed by atoms with Gasteiger partial charge in [-0.15, -0.1) is 0 Å². The molecule has 6 nitrogen and oxygen atoms in total. The third kappa shape index (κ3) is 4.94. The van der Waals surface area contributed by atoms with E-state index in [2.05, 4.69) is 5.32 Å². The molecule has 1 amide bonds. The number of amides is 1. The van der Waals surface area contributed by atoms with Crippen LogP contribution >= 0.6 is 0 Å². The van der Waals surface area contributed by atoms with Crippen molar-refractivity contribution >= 4 is 15.7 Å². The van der Waals surface area contributed by atoms with Crippen LogP contribution in [-0.4, -0.2) is 45.6 Å². The second-order valence-corrected chi connectivity index (χ2v) is 7.79. The van der Waals surface area contributed by atoms with Gasteiger partial charge in [0.2, 0.25) is 5.91 Å². The van der Waals surface area contributed by atoms with Crippen molar-refractivity contribution in [1.29, 1.82) is 0 Å². The average molecular weight is 350 g/mol. The number of nitrogens with zero attached hydrogens (tertiary/aromatic N) is 1. The molecule has 7 heteroatoms. The standard InChI is InChI=1S/C17H22N2O4S/c1-19(2)15(16-9-6-11-23-16)13-18-17(20)10-12-24(21,22)14-7-4-3-5-8-14/h3-9,11,15H,10,12-13H2,1-2H3,(H,18,20)/t15-/m0/s1.